The third-order valence-electron chi connectivity index (χ3n) is 4.37. The van der Waals surface area contributed by atoms with Crippen molar-refractivity contribution in [2.45, 2.75) is 38.3 Å². The zero-order chi connectivity index (χ0) is 17.7. The number of amides is 1. The van der Waals surface area contributed by atoms with Gasteiger partial charge in [-0.1, -0.05) is 24.6 Å². The number of halogens is 1. The highest BCUT2D eigenvalue weighted by Gasteiger charge is 2.34. The van der Waals surface area contributed by atoms with Gasteiger partial charge in [0.2, 0.25) is 5.91 Å². The van der Waals surface area contributed by atoms with Gasteiger partial charge in [0.05, 0.1) is 20.1 Å². The Bertz CT molecular complexity index is 602. The fourth-order valence-corrected chi connectivity index (χ4v) is 3.25. The number of nitrogens with one attached hydrogen (secondary N) is 1. The maximum Gasteiger partial charge on any atom is 0.317 e. The van der Waals surface area contributed by atoms with Crippen molar-refractivity contribution < 1.29 is 19.4 Å². The van der Waals surface area contributed by atoms with Crippen LogP contribution in [-0.4, -0.2) is 54.2 Å². The summed E-state index contributed by atoms with van der Waals surface area (Å²) in [4.78, 5) is 25.0. The number of carboxylic acids is 1. The van der Waals surface area contributed by atoms with Crippen molar-refractivity contribution in [2.75, 3.05) is 20.2 Å². The van der Waals surface area contributed by atoms with Crippen molar-refractivity contribution in [2.24, 2.45) is 0 Å². The second-order valence-corrected chi connectivity index (χ2v) is 6.35. The molecule has 1 aliphatic carbocycles. The molecule has 0 saturated heterocycles. The van der Waals surface area contributed by atoms with Gasteiger partial charge in [0.1, 0.15) is 5.75 Å². The molecule has 0 aromatic heterocycles. The molecule has 1 saturated carbocycles. The topological polar surface area (TPSA) is 78.9 Å². The number of hydrogen-bond acceptors (Lipinski definition) is 4. The third-order valence-corrected chi connectivity index (χ3v) is 4.73. The van der Waals surface area contributed by atoms with Crippen LogP contribution in [0.4, 0.5) is 0 Å². The van der Waals surface area contributed by atoms with Gasteiger partial charge in [-0.2, -0.15) is 0 Å². The lowest BCUT2D eigenvalue weighted by Crippen LogP contribution is -2.55. The van der Waals surface area contributed by atoms with Crippen LogP contribution in [0, 0.1) is 0 Å². The largest absolute Gasteiger partial charge is 0.496 e. The predicted molar refractivity (Wildman–Crippen MR) is 91.5 cm³/mol. The average molecular weight is 355 g/mol. The van der Waals surface area contributed by atoms with E-state index in [9.17, 15) is 9.59 Å². The predicted octanol–water partition coefficient (Wildman–Crippen LogP) is 1.94. The van der Waals surface area contributed by atoms with Crippen LogP contribution in [-0.2, 0) is 16.0 Å². The number of likely N-dealkylation sites (N-methyl/N-ethyl adjacent to an activating group) is 1. The number of rotatable bonds is 8. The Hall–Kier alpha value is -1.79. The smallest absolute Gasteiger partial charge is 0.317 e. The molecule has 0 atom stereocenters. The zero-order valence-electron chi connectivity index (χ0n) is 13.9. The number of ether oxygens (including phenoxy) is 1. The lowest BCUT2D eigenvalue weighted by molar-refractivity contribution is -0.139. The van der Waals surface area contributed by atoms with Crippen molar-refractivity contribution in [1.29, 1.82) is 0 Å². The molecule has 6 nitrogen and oxygen atoms in total. The van der Waals surface area contributed by atoms with E-state index in [1.54, 1.807) is 25.3 Å². The Morgan fingerprint density at radius 3 is 2.71 bits per heavy atom. The minimum Gasteiger partial charge on any atom is -0.496 e. The van der Waals surface area contributed by atoms with Crippen molar-refractivity contribution in [1.82, 2.24) is 10.2 Å². The molecule has 0 bridgehead atoms. The quantitative estimate of drug-likeness (QED) is 0.746. The number of hydrogen-bond donors (Lipinski definition) is 2. The van der Waals surface area contributed by atoms with E-state index >= 15 is 0 Å². The summed E-state index contributed by atoms with van der Waals surface area (Å²) in [5, 5.41) is 12.4. The van der Waals surface area contributed by atoms with Gasteiger partial charge in [-0.15, -0.1) is 0 Å². The Morgan fingerprint density at radius 1 is 1.42 bits per heavy atom. The average Bonchev–Trinajstić information content (AvgIpc) is 2.50. The minimum atomic E-state index is -0.824. The van der Waals surface area contributed by atoms with Gasteiger partial charge in [-0.05, 0) is 31.5 Å². The molecule has 0 spiro atoms. The highest BCUT2D eigenvalue weighted by atomic mass is 35.5. The van der Waals surface area contributed by atoms with Crippen molar-refractivity contribution in [3.63, 3.8) is 0 Å². The molecule has 0 unspecified atom stereocenters. The summed E-state index contributed by atoms with van der Waals surface area (Å²) in [7, 11) is 1.55. The van der Waals surface area contributed by atoms with Crippen molar-refractivity contribution >= 4 is 23.5 Å². The molecule has 0 aliphatic heterocycles. The highest BCUT2D eigenvalue weighted by molar-refractivity contribution is 6.31. The van der Waals surface area contributed by atoms with Gasteiger partial charge < -0.3 is 15.2 Å². The van der Waals surface area contributed by atoms with Crippen LogP contribution in [0.3, 0.4) is 0 Å². The molecule has 0 heterocycles. The van der Waals surface area contributed by atoms with Crippen LogP contribution in [0.2, 0.25) is 5.02 Å². The van der Waals surface area contributed by atoms with Crippen LogP contribution in [0.15, 0.2) is 18.2 Å². The van der Waals surface area contributed by atoms with E-state index in [-0.39, 0.29) is 31.0 Å². The number of nitrogens with zero attached hydrogens (tertiary/aromatic N) is 1. The number of benzene rings is 1. The molecular weight excluding hydrogens is 332 g/mol. The summed E-state index contributed by atoms with van der Waals surface area (Å²) < 4.78 is 5.25. The Labute approximate surface area is 146 Å². The molecule has 1 fully saturated rings. The van der Waals surface area contributed by atoms with E-state index in [1.165, 1.54) is 0 Å². The second kappa shape index (κ2) is 8.35. The molecular formula is C17H23ClN2O4. The fourth-order valence-electron chi connectivity index (χ4n) is 3.02. The van der Waals surface area contributed by atoms with Gasteiger partial charge >= 0.3 is 5.97 Å². The molecule has 1 aromatic rings. The van der Waals surface area contributed by atoms with Gasteiger partial charge in [0.25, 0.3) is 0 Å². The maximum atomic E-state index is 12.2. The van der Waals surface area contributed by atoms with Crippen LogP contribution in [0.5, 0.6) is 5.75 Å². The Morgan fingerprint density at radius 2 is 2.12 bits per heavy atom. The molecule has 1 aliphatic rings. The lowest BCUT2D eigenvalue weighted by atomic mass is 9.85. The Balaban J connectivity index is 1.84. The molecule has 2 N–H and O–H groups in total. The van der Waals surface area contributed by atoms with E-state index in [4.69, 9.17) is 21.4 Å². The monoisotopic (exact) mass is 354 g/mol. The highest BCUT2D eigenvalue weighted by Crippen LogP contribution is 2.28. The summed E-state index contributed by atoms with van der Waals surface area (Å²) in [6, 6.07) is 5.58. The number of methoxy groups -OCH3 is 1. The standard InChI is InChI=1S/C17H23ClN2O4/c1-3-20(10-17(22)23)12-7-11(8-12)19-16(21)9-13-14(18)5-4-6-15(13)24-2/h4-6,11-12H,3,7-10H2,1-2H3,(H,19,21)(H,22,23). The SMILES string of the molecule is CCN(CC(=O)O)C1CC(NC(=O)Cc2c(Cl)cccc2OC)C1. The number of carboxylic acid groups (broad SMARTS) is 1. The lowest BCUT2D eigenvalue weighted by Gasteiger charge is -2.42. The summed E-state index contributed by atoms with van der Waals surface area (Å²) in [6.45, 7) is 2.67. The molecule has 2 rings (SSSR count). The molecule has 7 heteroatoms. The summed E-state index contributed by atoms with van der Waals surface area (Å²) >= 11 is 6.15. The number of carbonyl (C=O) groups excluding carboxylic acids is 1. The van der Waals surface area contributed by atoms with Gasteiger partial charge in [-0.25, -0.2) is 0 Å². The van der Waals surface area contributed by atoms with Gasteiger partial charge in [0, 0.05) is 22.7 Å². The van der Waals surface area contributed by atoms with Crippen molar-refractivity contribution in [3.8, 4) is 5.75 Å². The van der Waals surface area contributed by atoms with Crippen LogP contribution in [0.1, 0.15) is 25.3 Å². The molecule has 0 radical (unpaired) electrons. The number of aliphatic carboxylic acids is 1. The van der Waals surface area contributed by atoms with Crippen LogP contribution in [0.25, 0.3) is 0 Å². The fraction of sp³-hybridized carbons (Fsp3) is 0.529. The molecule has 1 amide bonds. The van der Waals surface area contributed by atoms with E-state index in [0.29, 0.717) is 22.9 Å². The van der Waals surface area contributed by atoms with Crippen LogP contribution < -0.4 is 10.1 Å². The zero-order valence-corrected chi connectivity index (χ0v) is 14.7. The first-order valence-corrected chi connectivity index (χ1v) is 8.39. The number of carbonyl (C=O) groups is 2. The van der Waals surface area contributed by atoms with E-state index < -0.39 is 5.97 Å². The first-order chi connectivity index (χ1) is 11.4. The first kappa shape index (κ1) is 18.5. The normalized spacial score (nSPS) is 19.7. The van der Waals surface area contributed by atoms with Gasteiger partial charge in [0.15, 0.2) is 0 Å². The summed E-state index contributed by atoms with van der Waals surface area (Å²) in [6.07, 6.45) is 1.70. The van der Waals surface area contributed by atoms with Gasteiger partial charge in [-0.3, -0.25) is 14.5 Å². The van der Waals surface area contributed by atoms with E-state index in [0.717, 1.165) is 12.8 Å². The second-order valence-electron chi connectivity index (χ2n) is 5.94. The molecule has 132 valence electrons. The van der Waals surface area contributed by atoms with Crippen molar-refractivity contribution in [3.05, 3.63) is 28.8 Å². The maximum absolute atomic E-state index is 12.2. The Kier molecular flexibility index (Phi) is 6.45. The first-order valence-electron chi connectivity index (χ1n) is 8.01. The third kappa shape index (κ3) is 4.61. The molecule has 1 aromatic carbocycles. The molecule has 24 heavy (non-hydrogen) atoms. The van der Waals surface area contributed by atoms with Crippen LogP contribution >= 0.6 is 11.6 Å². The summed E-state index contributed by atoms with van der Waals surface area (Å²) in [5.74, 6) is -0.330. The van der Waals surface area contributed by atoms with E-state index in [2.05, 4.69) is 5.32 Å². The minimum absolute atomic E-state index is 0.0403. The van der Waals surface area contributed by atoms with E-state index in [1.807, 2.05) is 11.8 Å². The summed E-state index contributed by atoms with van der Waals surface area (Å²) in [5.41, 5.74) is 0.677.